The lowest BCUT2D eigenvalue weighted by Crippen LogP contribution is -2.48. The van der Waals surface area contributed by atoms with E-state index < -0.39 is 41.0 Å². The van der Waals surface area contributed by atoms with Gasteiger partial charge in [-0.1, -0.05) is 0 Å². The summed E-state index contributed by atoms with van der Waals surface area (Å²) in [5.41, 5.74) is -4.84. The number of aliphatic hydroxyl groups is 1. The second-order valence-electron chi connectivity index (χ2n) is 5.65. The zero-order chi connectivity index (χ0) is 19.7. The Bertz CT molecular complexity index is 921. The van der Waals surface area contributed by atoms with Crippen LogP contribution in [0.25, 0.3) is 0 Å². The van der Waals surface area contributed by atoms with Crippen LogP contribution >= 0.6 is 0 Å². The fourth-order valence-corrected chi connectivity index (χ4v) is 2.56. The third kappa shape index (κ3) is 3.33. The molecule has 27 heavy (non-hydrogen) atoms. The Kier molecular flexibility index (Phi) is 4.79. The summed E-state index contributed by atoms with van der Waals surface area (Å²) in [4.78, 5) is 3.60. The highest BCUT2D eigenvalue weighted by atomic mass is 19.3. The van der Waals surface area contributed by atoms with Gasteiger partial charge in [-0.25, -0.2) is 13.5 Å². The van der Waals surface area contributed by atoms with Crippen molar-refractivity contribution in [2.45, 2.75) is 18.1 Å². The van der Waals surface area contributed by atoms with E-state index in [9.17, 15) is 13.9 Å². The van der Waals surface area contributed by atoms with Crippen molar-refractivity contribution in [3.8, 4) is 5.75 Å². The Labute approximate surface area is 150 Å². The molecule has 11 heteroatoms. The molecule has 0 fully saturated rings. The molecule has 2 aromatic heterocycles. The highest BCUT2D eigenvalue weighted by Crippen LogP contribution is 2.46. The number of benzene rings is 1. The van der Waals surface area contributed by atoms with Gasteiger partial charge in [0.05, 0.1) is 19.9 Å². The van der Waals surface area contributed by atoms with Crippen molar-refractivity contribution in [3.63, 3.8) is 0 Å². The van der Waals surface area contributed by atoms with Crippen molar-refractivity contribution >= 4 is 0 Å². The normalized spacial score (nSPS) is 14.0. The van der Waals surface area contributed by atoms with E-state index in [0.717, 1.165) is 35.4 Å². The van der Waals surface area contributed by atoms with Crippen molar-refractivity contribution in [1.29, 1.82) is 0 Å². The molecule has 0 bridgehead atoms. The Morgan fingerprint density at radius 3 is 2.52 bits per heavy atom. The van der Waals surface area contributed by atoms with Gasteiger partial charge in [0.2, 0.25) is 0 Å². The molecular formula is C16H13F4N5O2. The molecule has 0 aliphatic carbocycles. The van der Waals surface area contributed by atoms with Crippen LogP contribution in [0.1, 0.15) is 11.3 Å². The SMILES string of the molecule is COc1ccc(C(F)(F)C(O)(Cn2cnnn2)c2ccc(F)cc2F)nc1. The number of rotatable bonds is 6. The molecule has 0 saturated heterocycles. The Morgan fingerprint density at radius 2 is 1.96 bits per heavy atom. The number of halogens is 4. The first-order valence-corrected chi connectivity index (χ1v) is 7.55. The van der Waals surface area contributed by atoms with Gasteiger partial charge in [0, 0.05) is 11.6 Å². The summed E-state index contributed by atoms with van der Waals surface area (Å²) in [7, 11) is 1.33. The minimum atomic E-state index is -4.09. The summed E-state index contributed by atoms with van der Waals surface area (Å²) >= 11 is 0. The molecule has 0 aliphatic rings. The highest BCUT2D eigenvalue weighted by molar-refractivity contribution is 5.32. The molecular weight excluding hydrogens is 370 g/mol. The summed E-state index contributed by atoms with van der Waals surface area (Å²) in [5, 5.41) is 21.0. The predicted molar refractivity (Wildman–Crippen MR) is 82.8 cm³/mol. The smallest absolute Gasteiger partial charge is 0.323 e. The van der Waals surface area contributed by atoms with E-state index in [2.05, 4.69) is 20.5 Å². The maximum Gasteiger partial charge on any atom is 0.323 e. The van der Waals surface area contributed by atoms with Gasteiger partial charge in [-0.15, -0.1) is 5.10 Å². The number of methoxy groups -OCH3 is 1. The van der Waals surface area contributed by atoms with Crippen LogP contribution in [0.4, 0.5) is 17.6 Å². The first kappa shape index (κ1) is 18.7. The van der Waals surface area contributed by atoms with E-state index in [0.29, 0.717) is 6.07 Å². The summed E-state index contributed by atoms with van der Waals surface area (Å²) in [6.07, 6.45) is 2.01. The van der Waals surface area contributed by atoms with E-state index in [4.69, 9.17) is 4.74 Å². The number of nitrogens with zero attached hydrogens (tertiary/aromatic N) is 5. The molecule has 142 valence electrons. The maximum atomic E-state index is 15.3. The number of aromatic nitrogens is 5. The van der Waals surface area contributed by atoms with E-state index in [1.807, 2.05) is 0 Å². The molecule has 3 rings (SSSR count). The number of alkyl halides is 2. The Balaban J connectivity index is 2.15. The molecule has 3 aromatic rings. The average Bonchev–Trinajstić information content (AvgIpc) is 3.14. The molecule has 0 amide bonds. The van der Waals surface area contributed by atoms with Gasteiger partial charge in [-0.3, -0.25) is 4.98 Å². The number of tetrazole rings is 1. The highest BCUT2D eigenvalue weighted by Gasteiger charge is 2.57. The summed E-state index contributed by atoms with van der Waals surface area (Å²) < 4.78 is 63.8. The van der Waals surface area contributed by atoms with E-state index >= 15 is 8.78 Å². The second-order valence-corrected chi connectivity index (χ2v) is 5.65. The van der Waals surface area contributed by atoms with Crippen LogP contribution in [0, 0.1) is 11.6 Å². The Hall–Kier alpha value is -3.08. The van der Waals surface area contributed by atoms with Crippen LogP contribution < -0.4 is 4.74 Å². The quantitative estimate of drug-likeness (QED) is 0.656. The summed E-state index contributed by atoms with van der Waals surface area (Å²) in [6, 6.07) is 4.06. The molecule has 0 radical (unpaired) electrons. The molecule has 2 heterocycles. The topological polar surface area (TPSA) is 86.0 Å². The van der Waals surface area contributed by atoms with Crippen molar-refractivity contribution in [1.82, 2.24) is 25.2 Å². The third-order valence-corrected chi connectivity index (χ3v) is 3.97. The molecule has 7 nitrogen and oxygen atoms in total. The average molecular weight is 383 g/mol. The minimum Gasteiger partial charge on any atom is -0.495 e. The van der Waals surface area contributed by atoms with Gasteiger partial charge in [0.15, 0.2) is 5.60 Å². The van der Waals surface area contributed by atoms with Gasteiger partial charge in [0.1, 0.15) is 29.4 Å². The molecule has 1 unspecified atom stereocenters. The summed E-state index contributed by atoms with van der Waals surface area (Å²) in [5.74, 6) is -6.21. The van der Waals surface area contributed by atoms with Crippen LogP contribution in [0.3, 0.4) is 0 Å². The third-order valence-electron chi connectivity index (χ3n) is 3.97. The lowest BCUT2D eigenvalue weighted by molar-refractivity contribution is -0.207. The van der Waals surface area contributed by atoms with Gasteiger partial charge in [0.25, 0.3) is 0 Å². The molecule has 1 N–H and O–H groups in total. The Morgan fingerprint density at radius 1 is 1.19 bits per heavy atom. The van der Waals surface area contributed by atoms with Crippen LogP contribution in [-0.2, 0) is 18.1 Å². The van der Waals surface area contributed by atoms with Gasteiger partial charge in [-0.05, 0) is 34.7 Å². The van der Waals surface area contributed by atoms with Crippen LogP contribution in [-0.4, -0.2) is 37.4 Å². The largest absolute Gasteiger partial charge is 0.495 e. The number of hydrogen-bond acceptors (Lipinski definition) is 6. The van der Waals surface area contributed by atoms with Crippen molar-refractivity contribution in [2.24, 2.45) is 0 Å². The predicted octanol–water partition coefficient (Wildman–Crippen LogP) is 2.03. The summed E-state index contributed by atoms with van der Waals surface area (Å²) in [6.45, 7) is -0.913. The van der Waals surface area contributed by atoms with Crippen molar-refractivity contribution in [2.75, 3.05) is 7.11 Å². The van der Waals surface area contributed by atoms with Gasteiger partial charge in [-0.2, -0.15) is 8.78 Å². The molecule has 1 atom stereocenters. The maximum absolute atomic E-state index is 15.3. The van der Waals surface area contributed by atoms with Gasteiger partial charge >= 0.3 is 5.92 Å². The standard InChI is InChI=1S/C16H13F4N5O2/c1-27-11-3-5-14(21-7-11)16(19,20)15(26,8-25-9-22-23-24-25)12-4-2-10(17)6-13(12)18/h2-7,9,26H,8H2,1H3. The second kappa shape index (κ2) is 6.91. The number of ether oxygens (including phenoxy) is 1. The van der Waals surface area contributed by atoms with Crippen molar-refractivity contribution < 1.29 is 27.4 Å². The minimum absolute atomic E-state index is 0.214. The lowest BCUT2D eigenvalue weighted by Gasteiger charge is -2.35. The molecule has 0 saturated carbocycles. The van der Waals surface area contributed by atoms with Crippen molar-refractivity contribution in [3.05, 3.63) is 65.7 Å². The van der Waals surface area contributed by atoms with E-state index in [1.165, 1.54) is 13.2 Å². The van der Waals surface area contributed by atoms with Crippen LogP contribution in [0.5, 0.6) is 5.75 Å². The van der Waals surface area contributed by atoms with E-state index in [-0.39, 0.29) is 5.75 Å². The fraction of sp³-hybridized carbons (Fsp3) is 0.250. The molecule has 0 spiro atoms. The lowest BCUT2D eigenvalue weighted by atomic mass is 9.84. The zero-order valence-corrected chi connectivity index (χ0v) is 13.9. The monoisotopic (exact) mass is 383 g/mol. The van der Waals surface area contributed by atoms with Crippen LogP contribution in [0.2, 0.25) is 0 Å². The van der Waals surface area contributed by atoms with Gasteiger partial charge < -0.3 is 9.84 Å². The van der Waals surface area contributed by atoms with E-state index in [1.54, 1.807) is 0 Å². The first-order chi connectivity index (χ1) is 12.8. The molecule has 0 aliphatic heterocycles. The number of hydrogen-bond donors (Lipinski definition) is 1. The fourth-order valence-electron chi connectivity index (χ4n) is 2.56. The molecule has 1 aromatic carbocycles. The van der Waals surface area contributed by atoms with Crippen LogP contribution in [0.15, 0.2) is 42.9 Å². The number of pyridine rings is 1. The first-order valence-electron chi connectivity index (χ1n) is 7.55. The zero-order valence-electron chi connectivity index (χ0n) is 13.9.